The van der Waals surface area contributed by atoms with E-state index in [1.807, 2.05) is 0 Å². The van der Waals surface area contributed by atoms with Crippen molar-refractivity contribution in [2.75, 3.05) is 32.7 Å². The van der Waals surface area contributed by atoms with E-state index >= 15 is 0 Å². The largest absolute Gasteiger partial charge is 0.300 e. The normalized spacial score (nSPS) is 31.1. The van der Waals surface area contributed by atoms with Gasteiger partial charge in [-0.05, 0) is 48.1 Å². The molecule has 2 aliphatic carbocycles. The Bertz CT molecular complexity index is 539. The van der Waals surface area contributed by atoms with Gasteiger partial charge >= 0.3 is 0 Å². The van der Waals surface area contributed by atoms with E-state index in [0.29, 0.717) is 0 Å². The SMILES string of the molecule is CCc1ccc(CN2CCN(CC3CC4C=CC3C4)CC2)cc1. The number of hydrogen-bond donors (Lipinski definition) is 0. The first-order valence-corrected chi connectivity index (χ1v) is 9.51. The second-order valence-electron chi connectivity index (χ2n) is 7.79. The summed E-state index contributed by atoms with van der Waals surface area (Å²) in [6.45, 7) is 9.65. The molecule has 2 bridgehead atoms. The number of piperazine rings is 1. The number of nitrogens with zero attached hydrogens (tertiary/aromatic N) is 2. The van der Waals surface area contributed by atoms with E-state index < -0.39 is 0 Å². The van der Waals surface area contributed by atoms with Gasteiger partial charge in [-0.2, -0.15) is 0 Å². The van der Waals surface area contributed by atoms with Crippen LogP contribution < -0.4 is 0 Å². The van der Waals surface area contributed by atoms with Crippen LogP contribution in [0.2, 0.25) is 0 Å². The Hall–Kier alpha value is -1.12. The molecule has 4 rings (SSSR count). The Labute approximate surface area is 141 Å². The van der Waals surface area contributed by atoms with Crippen LogP contribution in [-0.2, 0) is 13.0 Å². The molecule has 23 heavy (non-hydrogen) atoms. The fourth-order valence-electron chi connectivity index (χ4n) is 4.70. The highest BCUT2D eigenvalue weighted by Gasteiger charge is 2.36. The molecule has 3 atom stereocenters. The van der Waals surface area contributed by atoms with E-state index in [-0.39, 0.29) is 0 Å². The zero-order valence-electron chi connectivity index (χ0n) is 14.5. The molecule has 3 unspecified atom stereocenters. The van der Waals surface area contributed by atoms with E-state index in [1.54, 1.807) is 0 Å². The molecule has 1 aliphatic heterocycles. The molecule has 2 fully saturated rings. The van der Waals surface area contributed by atoms with Crippen LogP contribution in [0.5, 0.6) is 0 Å². The quantitative estimate of drug-likeness (QED) is 0.767. The van der Waals surface area contributed by atoms with Gasteiger partial charge in [0, 0.05) is 39.3 Å². The number of rotatable bonds is 5. The van der Waals surface area contributed by atoms with Gasteiger partial charge in [-0.15, -0.1) is 0 Å². The summed E-state index contributed by atoms with van der Waals surface area (Å²) >= 11 is 0. The lowest BCUT2D eigenvalue weighted by Gasteiger charge is -2.37. The predicted molar refractivity (Wildman–Crippen MR) is 96.4 cm³/mol. The van der Waals surface area contributed by atoms with Crippen LogP contribution >= 0.6 is 0 Å². The molecule has 1 saturated heterocycles. The summed E-state index contributed by atoms with van der Waals surface area (Å²) in [4.78, 5) is 5.34. The first-order chi connectivity index (χ1) is 11.3. The monoisotopic (exact) mass is 310 g/mol. The molecule has 0 aromatic heterocycles. The Morgan fingerprint density at radius 2 is 1.57 bits per heavy atom. The van der Waals surface area contributed by atoms with Gasteiger partial charge < -0.3 is 4.90 Å². The molecule has 2 heteroatoms. The highest BCUT2D eigenvalue weighted by atomic mass is 15.3. The van der Waals surface area contributed by atoms with E-state index in [4.69, 9.17) is 0 Å². The van der Waals surface area contributed by atoms with Crippen molar-refractivity contribution in [2.24, 2.45) is 17.8 Å². The van der Waals surface area contributed by atoms with Crippen molar-refractivity contribution in [3.63, 3.8) is 0 Å². The molecule has 124 valence electrons. The zero-order chi connectivity index (χ0) is 15.6. The number of hydrogen-bond acceptors (Lipinski definition) is 2. The molecule has 0 amide bonds. The average molecular weight is 310 g/mol. The maximum Gasteiger partial charge on any atom is 0.0234 e. The van der Waals surface area contributed by atoms with Crippen molar-refractivity contribution in [3.05, 3.63) is 47.5 Å². The highest BCUT2D eigenvalue weighted by molar-refractivity contribution is 5.22. The van der Waals surface area contributed by atoms with E-state index in [0.717, 1.165) is 30.7 Å². The summed E-state index contributed by atoms with van der Waals surface area (Å²) in [5, 5.41) is 0. The number of benzene rings is 1. The fourth-order valence-corrected chi connectivity index (χ4v) is 4.70. The molecule has 1 heterocycles. The molecule has 0 radical (unpaired) electrons. The van der Waals surface area contributed by atoms with Crippen LogP contribution in [0, 0.1) is 17.8 Å². The summed E-state index contributed by atoms with van der Waals surface area (Å²) < 4.78 is 0. The maximum atomic E-state index is 2.72. The smallest absolute Gasteiger partial charge is 0.0234 e. The van der Waals surface area contributed by atoms with Crippen molar-refractivity contribution in [1.29, 1.82) is 0 Å². The molecule has 0 spiro atoms. The van der Waals surface area contributed by atoms with E-state index in [2.05, 4.69) is 53.1 Å². The summed E-state index contributed by atoms with van der Waals surface area (Å²) in [5.74, 6) is 2.76. The second kappa shape index (κ2) is 6.78. The van der Waals surface area contributed by atoms with Gasteiger partial charge in [-0.3, -0.25) is 4.90 Å². The molecular formula is C21H30N2. The summed E-state index contributed by atoms with van der Waals surface area (Å²) in [6, 6.07) is 9.20. The van der Waals surface area contributed by atoms with Crippen LogP contribution in [-0.4, -0.2) is 42.5 Å². The minimum Gasteiger partial charge on any atom is -0.300 e. The molecule has 0 N–H and O–H groups in total. The highest BCUT2D eigenvalue weighted by Crippen LogP contribution is 2.43. The van der Waals surface area contributed by atoms with Crippen LogP contribution in [0.4, 0.5) is 0 Å². The lowest BCUT2D eigenvalue weighted by atomic mass is 9.93. The van der Waals surface area contributed by atoms with Gasteiger partial charge in [-0.1, -0.05) is 43.3 Å². The first kappa shape index (κ1) is 15.4. The van der Waals surface area contributed by atoms with Crippen LogP contribution in [0.15, 0.2) is 36.4 Å². The molecule has 3 aliphatic rings. The molecule has 2 nitrogen and oxygen atoms in total. The Morgan fingerprint density at radius 1 is 0.870 bits per heavy atom. The third-order valence-corrected chi connectivity index (χ3v) is 6.21. The van der Waals surface area contributed by atoms with Crippen LogP contribution in [0.1, 0.15) is 30.9 Å². The lowest BCUT2D eigenvalue weighted by Crippen LogP contribution is -2.47. The zero-order valence-corrected chi connectivity index (χ0v) is 14.5. The van der Waals surface area contributed by atoms with Gasteiger partial charge in [0.05, 0.1) is 0 Å². The molecule has 1 aromatic rings. The molecular weight excluding hydrogens is 280 g/mol. The van der Waals surface area contributed by atoms with Crippen LogP contribution in [0.25, 0.3) is 0 Å². The fraction of sp³-hybridized carbons (Fsp3) is 0.619. The van der Waals surface area contributed by atoms with Crippen molar-refractivity contribution in [3.8, 4) is 0 Å². The third-order valence-electron chi connectivity index (χ3n) is 6.21. The topological polar surface area (TPSA) is 6.48 Å². The van der Waals surface area contributed by atoms with Gasteiger partial charge in [0.25, 0.3) is 0 Å². The van der Waals surface area contributed by atoms with Crippen molar-refractivity contribution in [1.82, 2.24) is 9.80 Å². The van der Waals surface area contributed by atoms with Gasteiger partial charge in [0.15, 0.2) is 0 Å². The summed E-state index contributed by atoms with van der Waals surface area (Å²) in [6.07, 6.45) is 8.98. The molecule has 1 saturated carbocycles. The first-order valence-electron chi connectivity index (χ1n) is 9.51. The van der Waals surface area contributed by atoms with E-state index in [1.165, 1.54) is 56.7 Å². The molecule has 1 aromatic carbocycles. The average Bonchev–Trinajstić information content (AvgIpc) is 3.20. The Balaban J connectivity index is 1.23. The summed E-state index contributed by atoms with van der Waals surface area (Å²) in [5.41, 5.74) is 2.91. The van der Waals surface area contributed by atoms with Crippen molar-refractivity contribution >= 4 is 0 Å². The standard InChI is InChI=1S/C21H30N2/c1-2-17-3-5-18(6-4-17)15-22-9-11-23(12-10-22)16-21-14-19-7-8-20(21)13-19/h3-8,19-21H,2,9-16H2,1H3. The van der Waals surface area contributed by atoms with Crippen LogP contribution in [0.3, 0.4) is 0 Å². The number of allylic oxidation sites excluding steroid dienone is 2. The third kappa shape index (κ3) is 3.54. The maximum absolute atomic E-state index is 2.72. The second-order valence-corrected chi connectivity index (χ2v) is 7.79. The minimum absolute atomic E-state index is 0.898. The number of aryl methyl sites for hydroxylation is 1. The summed E-state index contributed by atoms with van der Waals surface area (Å²) in [7, 11) is 0. The van der Waals surface area contributed by atoms with Gasteiger partial charge in [-0.25, -0.2) is 0 Å². The minimum atomic E-state index is 0.898. The lowest BCUT2D eigenvalue weighted by molar-refractivity contribution is 0.108. The van der Waals surface area contributed by atoms with Gasteiger partial charge in [0.1, 0.15) is 0 Å². The van der Waals surface area contributed by atoms with Crippen molar-refractivity contribution in [2.45, 2.75) is 32.7 Å². The van der Waals surface area contributed by atoms with Crippen molar-refractivity contribution < 1.29 is 0 Å². The number of fused-ring (bicyclic) bond motifs is 2. The van der Waals surface area contributed by atoms with Gasteiger partial charge in [0.2, 0.25) is 0 Å². The Kier molecular flexibility index (Phi) is 4.54. The Morgan fingerprint density at radius 3 is 2.17 bits per heavy atom. The van der Waals surface area contributed by atoms with E-state index in [9.17, 15) is 0 Å². The predicted octanol–water partition coefficient (Wildman–Crippen LogP) is 3.58.